The van der Waals surface area contributed by atoms with Crippen LogP contribution in [0.25, 0.3) is 0 Å². The maximum Gasteiger partial charge on any atom is 0.320 e. The lowest BCUT2D eigenvalue weighted by Gasteiger charge is -2.18. The summed E-state index contributed by atoms with van der Waals surface area (Å²) in [7, 11) is 0. The molecule has 0 spiro atoms. The topological polar surface area (TPSA) is 52.6 Å². The third kappa shape index (κ3) is 5.74. The van der Waals surface area contributed by atoms with Gasteiger partial charge in [0, 0.05) is 4.88 Å². The fraction of sp³-hybridized carbons (Fsp3) is 0.600. The average molecular weight is 298 g/mol. The van der Waals surface area contributed by atoms with Crippen molar-refractivity contribution in [3.63, 3.8) is 0 Å². The van der Waals surface area contributed by atoms with Crippen molar-refractivity contribution < 1.29 is 19.1 Å². The molecule has 0 aliphatic rings. The molecule has 0 atom stereocenters. The molecular formula is C15H22O4S. The molecule has 5 heteroatoms. The number of carbonyl (C=O) groups excluding carboxylic acids is 2. The molecule has 0 aliphatic carbocycles. The second-order valence-corrected chi connectivity index (χ2v) is 6.17. The molecule has 1 aromatic heterocycles. The number of rotatable bonds is 7. The Morgan fingerprint density at radius 2 is 1.65 bits per heavy atom. The Balaban J connectivity index is 2.67. The second kappa shape index (κ2) is 8.04. The minimum absolute atomic E-state index is 0.237. The van der Waals surface area contributed by atoms with E-state index in [-0.39, 0.29) is 12.2 Å². The van der Waals surface area contributed by atoms with Crippen molar-refractivity contribution in [2.75, 3.05) is 0 Å². The molecule has 112 valence electrons. The van der Waals surface area contributed by atoms with Crippen LogP contribution in [0, 0.1) is 5.92 Å². The summed E-state index contributed by atoms with van der Waals surface area (Å²) in [4.78, 5) is 25.2. The maximum atomic E-state index is 12.0. The molecule has 0 saturated heterocycles. The molecule has 0 aliphatic heterocycles. The highest BCUT2D eigenvalue weighted by atomic mass is 32.1. The predicted molar refractivity (Wildman–Crippen MR) is 78.6 cm³/mol. The summed E-state index contributed by atoms with van der Waals surface area (Å²) in [5.41, 5.74) is 0. The maximum absolute atomic E-state index is 12.0. The Morgan fingerprint density at radius 3 is 2.05 bits per heavy atom. The van der Waals surface area contributed by atoms with Crippen molar-refractivity contribution in [2.24, 2.45) is 5.92 Å². The van der Waals surface area contributed by atoms with Gasteiger partial charge in [0.15, 0.2) is 5.92 Å². The number of carbonyl (C=O) groups is 2. The normalized spacial score (nSPS) is 11.2. The van der Waals surface area contributed by atoms with Crippen LogP contribution in [-0.4, -0.2) is 24.1 Å². The molecule has 1 rings (SSSR count). The highest BCUT2D eigenvalue weighted by Crippen LogP contribution is 2.18. The Bertz CT molecular complexity index is 401. The van der Waals surface area contributed by atoms with E-state index in [0.29, 0.717) is 12.8 Å². The van der Waals surface area contributed by atoms with Crippen LogP contribution in [0.2, 0.25) is 0 Å². The summed E-state index contributed by atoms with van der Waals surface area (Å²) in [5, 5.41) is 1.98. The van der Waals surface area contributed by atoms with E-state index in [0.717, 1.165) is 4.88 Å². The van der Waals surface area contributed by atoms with E-state index in [1.807, 2.05) is 17.5 Å². The fourth-order valence-electron chi connectivity index (χ4n) is 1.70. The smallest absolute Gasteiger partial charge is 0.320 e. The average Bonchev–Trinajstić information content (AvgIpc) is 2.80. The van der Waals surface area contributed by atoms with Crippen LogP contribution in [0.5, 0.6) is 0 Å². The van der Waals surface area contributed by atoms with E-state index in [1.54, 1.807) is 39.0 Å². The molecule has 0 N–H and O–H groups in total. The monoisotopic (exact) mass is 298 g/mol. The molecule has 0 unspecified atom stereocenters. The Morgan fingerprint density at radius 1 is 1.10 bits per heavy atom. The molecule has 1 heterocycles. The van der Waals surface area contributed by atoms with Gasteiger partial charge in [0.25, 0.3) is 0 Å². The van der Waals surface area contributed by atoms with Crippen LogP contribution in [0.1, 0.15) is 39.0 Å². The Hall–Kier alpha value is -1.36. The number of aryl methyl sites for hydroxylation is 1. The molecule has 4 nitrogen and oxygen atoms in total. The summed E-state index contributed by atoms with van der Waals surface area (Å²) in [6.45, 7) is 7.06. The Labute approximate surface area is 124 Å². The summed E-state index contributed by atoms with van der Waals surface area (Å²) in [6, 6.07) is 3.94. The van der Waals surface area contributed by atoms with Crippen LogP contribution in [-0.2, 0) is 25.5 Å². The van der Waals surface area contributed by atoms with Crippen molar-refractivity contribution in [3.8, 4) is 0 Å². The van der Waals surface area contributed by atoms with Gasteiger partial charge in [-0.15, -0.1) is 11.3 Å². The number of hydrogen-bond donors (Lipinski definition) is 0. The number of thiophene rings is 1. The number of esters is 2. The van der Waals surface area contributed by atoms with Gasteiger partial charge in [-0.05, 0) is 52.0 Å². The summed E-state index contributed by atoms with van der Waals surface area (Å²) in [6.07, 6.45) is 0.609. The van der Waals surface area contributed by atoms with Gasteiger partial charge in [-0.1, -0.05) is 6.07 Å². The highest BCUT2D eigenvalue weighted by Gasteiger charge is 2.30. The van der Waals surface area contributed by atoms with Gasteiger partial charge in [-0.2, -0.15) is 0 Å². The molecule has 0 amide bonds. The molecule has 20 heavy (non-hydrogen) atoms. The largest absolute Gasteiger partial charge is 0.462 e. The first-order valence-corrected chi connectivity index (χ1v) is 7.71. The molecule has 0 saturated carbocycles. The molecule has 0 fully saturated rings. The first-order valence-electron chi connectivity index (χ1n) is 6.83. The van der Waals surface area contributed by atoms with Gasteiger partial charge in [0.1, 0.15) is 0 Å². The summed E-state index contributed by atoms with van der Waals surface area (Å²) < 4.78 is 10.3. The molecular weight excluding hydrogens is 276 g/mol. The van der Waals surface area contributed by atoms with E-state index in [1.165, 1.54) is 0 Å². The van der Waals surface area contributed by atoms with Crippen LogP contribution in [0.15, 0.2) is 17.5 Å². The molecule has 1 aromatic rings. The number of hydrogen-bond acceptors (Lipinski definition) is 5. The SMILES string of the molecule is CC(C)OC(=O)C(CCc1cccs1)C(=O)OC(C)C. The fourth-order valence-corrected chi connectivity index (χ4v) is 2.43. The van der Waals surface area contributed by atoms with Gasteiger partial charge in [-0.3, -0.25) is 9.59 Å². The Kier molecular flexibility index (Phi) is 6.71. The first-order chi connectivity index (χ1) is 9.40. The van der Waals surface area contributed by atoms with Crippen molar-refractivity contribution in [1.29, 1.82) is 0 Å². The lowest BCUT2D eigenvalue weighted by Crippen LogP contribution is -2.31. The van der Waals surface area contributed by atoms with Crippen molar-refractivity contribution in [3.05, 3.63) is 22.4 Å². The van der Waals surface area contributed by atoms with Crippen LogP contribution in [0.3, 0.4) is 0 Å². The third-order valence-corrected chi connectivity index (χ3v) is 3.47. The van der Waals surface area contributed by atoms with E-state index in [4.69, 9.17) is 9.47 Å². The minimum Gasteiger partial charge on any atom is -0.462 e. The second-order valence-electron chi connectivity index (χ2n) is 5.14. The van der Waals surface area contributed by atoms with Gasteiger partial charge >= 0.3 is 11.9 Å². The lowest BCUT2D eigenvalue weighted by molar-refractivity contribution is -0.166. The minimum atomic E-state index is -0.845. The van der Waals surface area contributed by atoms with Gasteiger partial charge in [-0.25, -0.2) is 0 Å². The standard InChI is InChI=1S/C15H22O4S/c1-10(2)18-14(16)13(15(17)19-11(3)4)8-7-12-6-5-9-20-12/h5-6,9-11,13H,7-8H2,1-4H3. The van der Waals surface area contributed by atoms with Crippen molar-refractivity contribution in [1.82, 2.24) is 0 Å². The van der Waals surface area contributed by atoms with E-state index in [9.17, 15) is 9.59 Å². The predicted octanol–water partition coefficient (Wildman–Crippen LogP) is 3.20. The van der Waals surface area contributed by atoms with Gasteiger partial charge in [0.05, 0.1) is 12.2 Å². The zero-order valence-corrected chi connectivity index (χ0v) is 13.2. The highest BCUT2D eigenvalue weighted by molar-refractivity contribution is 7.09. The molecule has 0 aromatic carbocycles. The summed E-state index contributed by atoms with van der Waals surface area (Å²) >= 11 is 1.61. The lowest BCUT2D eigenvalue weighted by atomic mass is 10.0. The quantitative estimate of drug-likeness (QED) is 0.573. The summed E-state index contributed by atoms with van der Waals surface area (Å²) in [5.74, 6) is -1.84. The van der Waals surface area contributed by atoms with Crippen molar-refractivity contribution >= 4 is 23.3 Å². The van der Waals surface area contributed by atoms with Crippen LogP contribution in [0.4, 0.5) is 0 Å². The molecule has 0 bridgehead atoms. The van der Waals surface area contributed by atoms with E-state index < -0.39 is 17.9 Å². The first kappa shape index (κ1) is 16.7. The third-order valence-electron chi connectivity index (χ3n) is 2.53. The zero-order chi connectivity index (χ0) is 15.1. The van der Waals surface area contributed by atoms with E-state index in [2.05, 4.69) is 0 Å². The van der Waals surface area contributed by atoms with Crippen molar-refractivity contribution in [2.45, 2.75) is 52.7 Å². The zero-order valence-electron chi connectivity index (χ0n) is 12.4. The number of ether oxygens (including phenoxy) is 2. The molecule has 0 radical (unpaired) electrons. The van der Waals surface area contributed by atoms with Gasteiger partial charge < -0.3 is 9.47 Å². The van der Waals surface area contributed by atoms with Gasteiger partial charge in [0.2, 0.25) is 0 Å². The van der Waals surface area contributed by atoms with E-state index >= 15 is 0 Å². The van der Waals surface area contributed by atoms with Crippen LogP contribution >= 0.6 is 11.3 Å². The van der Waals surface area contributed by atoms with Crippen LogP contribution < -0.4 is 0 Å².